The maximum atomic E-state index is 11.9. The Morgan fingerprint density at radius 3 is 2.71 bits per heavy atom. The fourth-order valence-electron chi connectivity index (χ4n) is 2.19. The summed E-state index contributed by atoms with van der Waals surface area (Å²) in [7, 11) is 0. The van der Waals surface area contributed by atoms with Gasteiger partial charge < -0.3 is 5.41 Å². The van der Waals surface area contributed by atoms with E-state index in [2.05, 4.69) is 0 Å². The standard InChI is InChI=1S/C12H12N2O3/c1-7-5-10(13)11(12(7)15)8-3-2-4-9(6-8)14(16)17/h2-4,6-7,11,13H,5H2,1H3. The van der Waals surface area contributed by atoms with Crippen molar-refractivity contribution < 1.29 is 9.72 Å². The van der Waals surface area contributed by atoms with Crippen LogP contribution < -0.4 is 0 Å². The molecule has 0 spiro atoms. The van der Waals surface area contributed by atoms with Gasteiger partial charge in [0.05, 0.1) is 10.8 Å². The van der Waals surface area contributed by atoms with Crippen LogP contribution in [0, 0.1) is 21.4 Å². The first-order chi connectivity index (χ1) is 8.00. The zero-order valence-corrected chi connectivity index (χ0v) is 9.34. The molecule has 2 atom stereocenters. The highest BCUT2D eigenvalue weighted by molar-refractivity contribution is 6.15. The monoisotopic (exact) mass is 232 g/mol. The second kappa shape index (κ2) is 4.08. The van der Waals surface area contributed by atoms with Gasteiger partial charge in [0.25, 0.3) is 5.69 Å². The van der Waals surface area contributed by atoms with E-state index in [0.717, 1.165) is 0 Å². The summed E-state index contributed by atoms with van der Waals surface area (Å²) in [5.41, 5.74) is 0.865. The number of carbonyl (C=O) groups is 1. The maximum absolute atomic E-state index is 11.9. The van der Waals surface area contributed by atoms with Gasteiger partial charge in [0.2, 0.25) is 0 Å². The molecule has 2 rings (SSSR count). The Balaban J connectivity index is 2.40. The molecule has 0 aliphatic heterocycles. The van der Waals surface area contributed by atoms with Crippen molar-refractivity contribution in [1.29, 1.82) is 5.41 Å². The molecule has 0 aromatic heterocycles. The van der Waals surface area contributed by atoms with Gasteiger partial charge in [0.15, 0.2) is 0 Å². The van der Waals surface area contributed by atoms with Crippen LogP contribution in [0.3, 0.4) is 0 Å². The van der Waals surface area contributed by atoms with E-state index in [9.17, 15) is 14.9 Å². The number of nitrogens with one attached hydrogen (secondary N) is 1. The van der Waals surface area contributed by atoms with E-state index in [1.54, 1.807) is 19.1 Å². The van der Waals surface area contributed by atoms with E-state index in [-0.39, 0.29) is 17.4 Å². The number of nitro groups is 1. The van der Waals surface area contributed by atoms with Crippen molar-refractivity contribution in [1.82, 2.24) is 0 Å². The van der Waals surface area contributed by atoms with Crippen LogP contribution in [0.2, 0.25) is 0 Å². The van der Waals surface area contributed by atoms with Gasteiger partial charge in [0, 0.05) is 23.8 Å². The van der Waals surface area contributed by atoms with E-state index in [1.165, 1.54) is 12.1 Å². The maximum Gasteiger partial charge on any atom is 0.269 e. The lowest BCUT2D eigenvalue weighted by molar-refractivity contribution is -0.384. The van der Waals surface area contributed by atoms with Crippen molar-refractivity contribution in [3.63, 3.8) is 0 Å². The average molecular weight is 232 g/mol. The molecule has 1 aliphatic rings. The number of hydrogen-bond donors (Lipinski definition) is 1. The van der Waals surface area contributed by atoms with E-state index < -0.39 is 10.8 Å². The number of benzene rings is 1. The van der Waals surface area contributed by atoms with Gasteiger partial charge in [-0.3, -0.25) is 14.9 Å². The quantitative estimate of drug-likeness (QED) is 0.627. The Morgan fingerprint density at radius 2 is 2.18 bits per heavy atom. The third kappa shape index (κ3) is 1.95. The minimum atomic E-state index is -0.593. The summed E-state index contributed by atoms with van der Waals surface area (Å²) in [6.45, 7) is 1.79. The molecule has 1 N–H and O–H groups in total. The Hall–Kier alpha value is -2.04. The largest absolute Gasteiger partial charge is 0.309 e. The van der Waals surface area contributed by atoms with Gasteiger partial charge in [-0.25, -0.2) is 0 Å². The lowest BCUT2D eigenvalue weighted by atomic mass is 9.94. The van der Waals surface area contributed by atoms with Gasteiger partial charge in [-0.15, -0.1) is 0 Å². The van der Waals surface area contributed by atoms with Crippen molar-refractivity contribution in [2.75, 3.05) is 0 Å². The van der Waals surface area contributed by atoms with Crippen LogP contribution in [-0.2, 0) is 4.79 Å². The van der Waals surface area contributed by atoms with Crippen LogP contribution in [0.25, 0.3) is 0 Å². The topological polar surface area (TPSA) is 84.1 Å². The SMILES string of the molecule is CC1CC(=N)C(c2cccc([N+](=O)[O-])c2)C1=O. The average Bonchev–Trinajstić information content (AvgIpc) is 2.53. The highest BCUT2D eigenvalue weighted by atomic mass is 16.6. The van der Waals surface area contributed by atoms with Crippen molar-refractivity contribution >= 4 is 17.2 Å². The zero-order chi connectivity index (χ0) is 12.6. The molecule has 0 heterocycles. The number of Topliss-reactive ketones (excluding diaryl/α,β-unsaturated/α-hetero) is 1. The van der Waals surface area contributed by atoms with Crippen LogP contribution in [0.1, 0.15) is 24.8 Å². The molecule has 1 saturated carbocycles. The summed E-state index contributed by atoms with van der Waals surface area (Å²) in [6.07, 6.45) is 0.451. The summed E-state index contributed by atoms with van der Waals surface area (Å²) >= 11 is 0. The molecule has 1 aromatic carbocycles. The van der Waals surface area contributed by atoms with E-state index in [1.807, 2.05) is 0 Å². The lowest BCUT2D eigenvalue weighted by Crippen LogP contribution is -2.13. The summed E-state index contributed by atoms with van der Waals surface area (Å²) in [6, 6.07) is 5.99. The normalized spacial score (nSPS) is 24.1. The molecule has 1 aliphatic carbocycles. The molecule has 2 unspecified atom stereocenters. The number of nitro benzene ring substituents is 1. The first kappa shape index (κ1) is 11.4. The number of carbonyl (C=O) groups excluding carboxylic acids is 1. The number of nitrogens with zero attached hydrogens (tertiary/aromatic N) is 1. The Labute approximate surface area is 98.1 Å². The second-order valence-corrected chi connectivity index (χ2v) is 4.32. The number of ketones is 1. The first-order valence-corrected chi connectivity index (χ1v) is 5.36. The predicted octanol–water partition coefficient (Wildman–Crippen LogP) is 2.31. The van der Waals surface area contributed by atoms with Crippen LogP contribution in [0.15, 0.2) is 24.3 Å². The fourth-order valence-corrected chi connectivity index (χ4v) is 2.19. The second-order valence-electron chi connectivity index (χ2n) is 4.32. The van der Waals surface area contributed by atoms with Gasteiger partial charge in [-0.1, -0.05) is 19.1 Å². The summed E-state index contributed by atoms with van der Waals surface area (Å²) in [4.78, 5) is 22.1. The highest BCUT2D eigenvalue weighted by Gasteiger charge is 2.37. The van der Waals surface area contributed by atoms with Crippen molar-refractivity contribution in [3.8, 4) is 0 Å². The highest BCUT2D eigenvalue weighted by Crippen LogP contribution is 2.33. The van der Waals surface area contributed by atoms with Gasteiger partial charge in [-0.05, 0) is 12.0 Å². The molecule has 0 radical (unpaired) electrons. The van der Waals surface area contributed by atoms with E-state index in [0.29, 0.717) is 17.7 Å². The van der Waals surface area contributed by atoms with Crippen LogP contribution >= 0.6 is 0 Å². The Bertz CT molecular complexity index is 510. The fraction of sp³-hybridized carbons (Fsp3) is 0.333. The number of rotatable bonds is 2. The molecule has 0 amide bonds. The minimum absolute atomic E-state index is 0.0181. The predicted molar refractivity (Wildman–Crippen MR) is 62.4 cm³/mol. The van der Waals surface area contributed by atoms with Crippen molar-refractivity contribution in [2.24, 2.45) is 5.92 Å². The van der Waals surface area contributed by atoms with E-state index >= 15 is 0 Å². The summed E-state index contributed by atoms with van der Waals surface area (Å²) < 4.78 is 0. The van der Waals surface area contributed by atoms with Crippen LogP contribution in [0.4, 0.5) is 5.69 Å². The molecular weight excluding hydrogens is 220 g/mol. The van der Waals surface area contributed by atoms with Crippen LogP contribution in [-0.4, -0.2) is 16.4 Å². The van der Waals surface area contributed by atoms with Crippen LogP contribution in [0.5, 0.6) is 0 Å². The number of hydrogen-bond acceptors (Lipinski definition) is 4. The molecule has 1 fully saturated rings. The molecule has 88 valence electrons. The third-order valence-electron chi connectivity index (χ3n) is 3.06. The minimum Gasteiger partial charge on any atom is -0.309 e. The lowest BCUT2D eigenvalue weighted by Gasteiger charge is -2.08. The Kier molecular flexibility index (Phi) is 2.75. The molecule has 5 nitrogen and oxygen atoms in total. The van der Waals surface area contributed by atoms with Gasteiger partial charge in [0.1, 0.15) is 5.78 Å². The number of non-ortho nitro benzene ring substituents is 1. The smallest absolute Gasteiger partial charge is 0.269 e. The molecular formula is C12H12N2O3. The van der Waals surface area contributed by atoms with E-state index in [4.69, 9.17) is 5.41 Å². The van der Waals surface area contributed by atoms with Gasteiger partial charge >= 0.3 is 0 Å². The molecule has 5 heteroatoms. The van der Waals surface area contributed by atoms with Crippen molar-refractivity contribution in [3.05, 3.63) is 39.9 Å². The van der Waals surface area contributed by atoms with Gasteiger partial charge in [-0.2, -0.15) is 0 Å². The summed E-state index contributed by atoms with van der Waals surface area (Å²) in [5, 5.41) is 18.5. The molecule has 17 heavy (non-hydrogen) atoms. The first-order valence-electron chi connectivity index (χ1n) is 5.36. The molecule has 0 saturated heterocycles. The van der Waals surface area contributed by atoms with Crippen molar-refractivity contribution in [2.45, 2.75) is 19.3 Å². The third-order valence-corrected chi connectivity index (χ3v) is 3.06. The Morgan fingerprint density at radius 1 is 1.47 bits per heavy atom. The summed E-state index contributed by atoms with van der Waals surface area (Å²) in [5.74, 6) is -0.771. The molecule has 1 aromatic rings. The molecule has 0 bridgehead atoms. The zero-order valence-electron chi connectivity index (χ0n) is 9.34.